The van der Waals surface area contributed by atoms with Gasteiger partial charge in [-0.05, 0) is 56.2 Å². The standard InChI is InChI=1S/C15H23NO3S/c1-3-12-6-4-5-7-13(12)19-14-9-8-11(2)10-15(14)20(16,17)18/h8-10,12-13H,3-7H2,1-2H3,(H2,16,17,18). The molecule has 2 N–H and O–H groups in total. The zero-order valence-corrected chi connectivity index (χ0v) is 12.9. The highest BCUT2D eigenvalue weighted by Gasteiger charge is 2.27. The zero-order chi connectivity index (χ0) is 14.8. The lowest BCUT2D eigenvalue weighted by atomic mass is 9.85. The second kappa shape index (κ2) is 6.14. The molecule has 20 heavy (non-hydrogen) atoms. The van der Waals surface area contributed by atoms with Crippen LogP contribution in [0.15, 0.2) is 23.1 Å². The molecule has 0 spiro atoms. The minimum absolute atomic E-state index is 0.0944. The number of hydrogen-bond acceptors (Lipinski definition) is 3. The number of aryl methyl sites for hydroxylation is 1. The van der Waals surface area contributed by atoms with Gasteiger partial charge in [-0.15, -0.1) is 0 Å². The molecule has 1 saturated carbocycles. The Morgan fingerprint density at radius 2 is 2.00 bits per heavy atom. The van der Waals surface area contributed by atoms with Gasteiger partial charge in [0.15, 0.2) is 0 Å². The second-order valence-electron chi connectivity index (χ2n) is 5.60. The molecule has 0 radical (unpaired) electrons. The highest BCUT2D eigenvalue weighted by Crippen LogP contribution is 2.33. The first-order valence-electron chi connectivity index (χ1n) is 7.22. The molecule has 0 amide bonds. The molecule has 2 atom stereocenters. The van der Waals surface area contributed by atoms with Gasteiger partial charge in [-0.2, -0.15) is 0 Å². The fourth-order valence-electron chi connectivity index (χ4n) is 2.89. The lowest BCUT2D eigenvalue weighted by Gasteiger charge is -2.31. The first kappa shape index (κ1) is 15.3. The van der Waals surface area contributed by atoms with E-state index < -0.39 is 10.0 Å². The average molecular weight is 297 g/mol. The molecule has 1 aromatic rings. The first-order chi connectivity index (χ1) is 9.41. The molecule has 0 aliphatic heterocycles. The topological polar surface area (TPSA) is 69.4 Å². The maximum absolute atomic E-state index is 11.7. The summed E-state index contributed by atoms with van der Waals surface area (Å²) < 4.78 is 29.4. The summed E-state index contributed by atoms with van der Waals surface area (Å²) in [6, 6.07) is 5.15. The molecule has 0 heterocycles. The third-order valence-electron chi connectivity index (χ3n) is 4.05. The van der Waals surface area contributed by atoms with E-state index in [1.165, 1.54) is 6.42 Å². The smallest absolute Gasteiger partial charge is 0.241 e. The van der Waals surface area contributed by atoms with E-state index in [-0.39, 0.29) is 11.0 Å². The molecule has 0 saturated heterocycles. The van der Waals surface area contributed by atoms with Crippen molar-refractivity contribution in [2.45, 2.75) is 57.0 Å². The molecule has 2 rings (SSSR count). The van der Waals surface area contributed by atoms with Crippen molar-refractivity contribution >= 4 is 10.0 Å². The van der Waals surface area contributed by atoms with Crippen molar-refractivity contribution in [3.8, 4) is 5.75 Å². The molecular weight excluding hydrogens is 274 g/mol. The van der Waals surface area contributed by atoms with Crippen LogP contribution in [0.5, 0.6) is 5.75 Å². The van der Waals surface area contributed by atoms with E-state index in [4.69, 9.17) is 9.88 Å². The maximum Gasteiger partial charge on any atom is 0.241 e. The second-order valence-corrected chi connectivity index (χ2v) is 7.13. The van der Waals surface area contributed by atoms with Gasteiger partial charge in [0, 0.05) is 0 Å². The van der Waals surface area contributed by atoms with Crippen molar-refractivity contribution in [2.24, 2.45) is 11.1 Å². The van der Waals surface area contributed by atoms with E-state index in [0.717, 1.165) is 31.2 Å². The lowest BCUT2D eigenvalue weighted by molar-refractivity contribution is 0.0875. The highest BCUT2D eigenvalue weighted by molar-refractivity contribution is 7.89. The van der Waals surface area contributed by atoms with Crippen LogP contribution in [0, 0.1) is 12.8 Å². The van der Waals surface area contributed by atoms with Crippen LogP contribution >= 0.6 is 0 Å². The molecule has 4 nitrogen and oxygen atoms in total. The van der Waals surface area contributed by atoms with Crippen LogP contribution in [0.2, 0.25) is 0 Å². The van der Waals surface area contributed by atoms with Crippen molar-refractivity contribution < 1.29 is 13.2 Å². The minimum atomic E-state index is -3.76. The van der Waals surface area contributed by atoms with E-state index in [1.54, 1.807) is 12.1 Å². The highest BCUT2D eigenvalue weighted by atomic mass is 32.2. The van der Waals surface area contributed by atoms with Crippen LogP contribution in [0.4, 0.5) is 0 Å². The first-order valence-corrected chi connectivity index (χ1v) is 8.76. The number of ether oxygens (including phenoxy) is 1. The van der Waals surface area contributed by atoms with Crippen molar-refractivity contribution in [1.82, 2.24) is 0 Å². The van der Waals surface area contributed by atoms with Crippen molar-refractivity contribution in [3.05, 3.63) is 23.8 Å². The van der Waals surface area contributed by atoms with Gasteiger partial charge in [0.25, 0.3) is 0 Å². The van der Waals surface area contributed by atoms with Crippen LogP contribution in [-0.4, -0.2) is 14.5 Å². The monoisotopic (exact) mass is 297 g/mol. The van der Waals surface area contributed by atoms with E-state index in [1.807, 2.05) is 13.0 Å². The van der Waals surface area contributed by atoms with Crippen LogP contribution in [0.25, 0.3) is 0 Å². The molecule has 0 aromatic heterocycles. The van der Waals surface area contributed by atoms with Crippen molar-refractivity contribution in [2.75, 3.05) is 0 Å². The van der Waals surface area contributed by atoms with Gasteiger partial charge >= 0.3 is 0 Å². The van der Waals surface area contributed by atoms with Gasteiger partial charge in [0.1, 0.15) is 16.7 Å². The predicted molar refractivity (Wildman–Crippen MR) is 79.2 cm³/mol. The minimum Gasteiger partial charge on any atom is -0.489 e. The average Bonchev–Trinajstić information content (AvgIpc) is 2.40. The van der Waals surface area contributed by atoms with Gasteiger partial charge in [-0.25, -0.2) is 13.6 Å². The molecule has 1 aliphatic carbocycles. The number of rotatable bonds is 4. The normalized spacial score (nSPS) is 23.6. The zero-order valence-electron chi connectivity index (χ0n) is 12.1. The number of benzene rings is 1. The van der Waals surface area contributed by atoms with Crippen LogP contribution < -0.4 is 9.88 Å². The molecule has 1 aromatic carbocycles. The lowest BCUT2D eigenvalue weighted by Crippen LogP contribution is -2.30. The van der Waals surface area contributed by atoms with E-state index in [2.05, 4.69) is 6.92 Å². The Labute approximate surface area is 121 Å². The Morgan fingerprint density at radius 1 is 1.30 bits per heavy atom. The number of primary sulfonamides is 1. The summed E-state index contributed by atoms with van der Waals surface area (Å²) >= 11 is 0. The fourth-order valence-corrected chi connectivity index (χ4v) is 3.64. The van der Waals surface area contributed by atoms with Crippen LogP contribution in [0.3, 0.4) is 0 Å². The van der Waals surface area contributed by atoms with Crippen LogP contribution in [-0.2, 0) is 10.0 Å². The molecule has 2 unspecified atom stereocenters. The summed E-state index contributed by atoms with van der Waals surface area (Å²) in [5, 5.41) is 5.29. The predicted octanol–water partition coefficient (Wildman–Crippen LogP) is 2.99. The fraction of sp³-hybridized carbons (Fsp3) is 0.600. The summed E-state index contributed by atoms with van der Waals surface area (Å²) in [7, 11) is -3.76. The molecule has 0 bridgehead atoms. The van der Waals surface area contributed by atoms with E-state index >= 15 is 0 Å². The Bertz CT molecular complexity index is 568. The van der Waals surface area contributed by atoms with Crippen molar-refractivity contribution in [1.29, 1.82) is 0 Å². The van der Waals surface area contributed by atoms with E-state index in [9.17, 15) is 8.42 Å². The largest absolute Gasteiger partial charge is 0.489 e. The molecule has 112 valence electrons. The summed E-state index contributed by atoms with van der Waals surface area (Å²) in [6.07, 6.45) is 5.65. The van der Waals surface area contributed by atoms with E-state index in [0.29, 0.717) is 11.7 Å². The van der Waals surface area contributed by atoms with Gasteiger partial charge < -0.3 is 4.74 Å². The van der Waals surface area contributed by atoms with Crippen molar-refractivity contribution in [3.63, 3.8) is 0 Å². The van der Waals surface area contributed by atoms with Crippen LogP contribution in [0.1, 0.15) is 44.6 Å². The summed E-state index contributed by atoms with van der Waals surface area (Å²) in [6.45, 7) is 4.00. The summed E-state index contributed by atoms with van der Waals surface area (Å²) in [5.74, 6) is 0.891. The SMILES string of the molecule is CCC1CCCCC1Oc1ccc(C)cc1S(N)(=O)=O. The number of sulfonamides is 1. The Balaban J connectivity index is 2.29. The summed E-state index contributed by atoms with van der Waals surface area (Å²) in [4.78, 5) is 0.0953. The molecular formula is C15H23NO3S. The van der Waals surface area contributed by atoms with Gasteiger partial charge in [-0.3, -0.25) is 0 Å². The molecule has 5 heteroatoms. The summed E-state index contributed by atoms with van der Waals surface area (Å²) in [5.41, 5.74) is 0.858. The third kappa shape index (κ3) is 3.52. The van der Waals surface area contributed by atoms with Gasteiger partial charge in [0.2, 0.25) is 10.0 Å². The molecule has 1 aliphatic rings. The quantitative estimate of drug-likeness (QED) is 0.928. The Morgan fingerprint density at radius 3 is 2.65 bits per heavy atom. The Hall–Kier alpha value is -1.07. The van der Waals surface area contributed by atoms with Gasteiger partial charge in [0.05, 0.1) is 0 Å². The number of hydrogen-bond donors (Lipinski definition) is 1. The number of nitrogens with two attached hydrogens (primary N) is 1. The Kier molecular flexibility index (Phi) is 4.70. The third-order valence-corrected chi connectivity index (χ3v) is 4.98. The van der Waals surface area contributed by atoms with Gasteiger partial charge in [-0.1, -0.05) is 19.4 Å². The molecule has 1 fully saturated rings. The maximum atomic E-state index is 11.7.